The van der Waals surface area contributed by atoms with Crippen LogP contribution < -0.4 is 0 Å². The number of rotatable bonds is 15. The van der Waals surface area contributed by atoms with E-state index in [0.717, 1.165) is 173 Å². The Hall–Kier alpha value is -10.1. The number of nitrogens with zero attached hydrogens (tertiary/aromatic N) is 6. The fourth-order valence-electron chi connectivity index (χ4n) is 13.8. The molecule has 16 aromatic rings. The molecule has 6 aromatic heterocycles. The van der Waals surface area contributed by atoms with Gasteiger partial charge < -0.3 is 27.0 Å². The molecule has 0 aliphatic rings. The van der Waals surface area contributed by atoms with Gasteiger partial charge in [-0.25, -0.2) is 0 Å². The third-order valence-corrected chi connectivity index (χ3v) is 18.1. The van der Waals surface area contributed by atoms with Gasteiger partial charge in [-0.05, 0) is 148 Å². The molecular formula is C81H63IrN6O3. The Morgan fingerprint density at radius 2 is 0.582 bits per heavy atom. The molecule has 0 saturated carbocycles. The third-order valence-electron chi connectivity index (χ3n) is 18.1. The normalized spacial score (nSPS) is 11.8. The fourth-order valence-corrected chi connectivity index (χ4v) is 13.8. The Labute approximate surface area is 541 Å². The predicted octanol–water partition coefficient (Wildman–Crippen LogP) is 19.5. The van der Waals surface area contributed by atoms with Crippen LogP contribution in [0.2, 0.25) is 0 Å². The number of hydrogen-bond donors (Lipinski definition) is 0. The summed E-state index contributed by atoms with van der Waals surface area (Å²) in [6.07, 6.45) is 11.3. The van der Waals surface area contributed by atoms with Crippen molar-refractivity contribution in [2.45, 2.75) is 80.1 Å². The van der Waals surface area contributed by atoms with Crippen LogP contribution in [0.25, 0.3) is 117 Å². The van der Waals surface area contributed by atoms with Crippen LogP contribution in [0.4, 0.5) is 0 Å². The van der Waals surface area contributed by atoms with Crippen molar-refractivity contribution in [1.29, 1.82) is 0 Å². The molecule has 0 unspecified atom stereocenters. The molecule has 6 heterocycles. The van der Waals surface area contributed by atoms with Crippen molar-refractivity contribution in [2.75, 3.05) is 0 Å². The zero-order chi connectivity index (χ0) is 60.7. The maximum atomic E-state index is 6.26. The summed E-state index contributed by atoms with van der Waals surface area (Å²) in [5, 5.41) is 6.38. The molecule has 0 bridgehead atoms. The number of furan rings is 3. The molecule has 0 aliphatic heterocycles. The van der Waals surface area contributed by atoms with Crippen molar-refractivity contribution in [3.8, 4) is 51.2 Å². The first-order chi connectivity index (χ1) is 44.0. The molecule has 0 fully saturated rings. The van der Waals surface area contributed by atoms with Crippen molar-refractivity contribution in [3.05, 3.63) is 286 Å². The van der Waals surface area contributed by atoms with Gasteiger partial charge in [-0.3, -0.25) is 15.0 Å². The molecule has 10 heteroatoms. The predicted molar refractivity (Wildman–Crippen MR) is 362 cm³/mol. The van der Waals surface area contributed by atoms with E-state index in [2.05, 4.69) is 219 Å². The minimum absolute atomic E-state index is 0. The Balaban J connectivity index is 0.00000689. The largest absolute Gasteiger partial charge is 3.00 e. The van der Waals surface area contributed by atoms with E-state index >= 15 is 0 Å². The Kier molecular flexibility index (Phi) is 14.7. The van der Waals surface area contributed by atoms with Crippen molar-refractivity contribution in [2.24, 2.45) is 0 Å². The van der Waals surface area contributed by atoms with E-state index in [9.17, 15) is 0 Å². The summed E-state index contributed by atoms with van der Waals surface area (Å²) in [6.45, 7) is 13.1. The molecule has 10 aromatic carbocycles. The van der Waals surface area contributed by atoms with Crippen LogP contribution in [-0.4, -0.2) is 28.7 Å². The average Bonchev–Trinajstić information content (AvgIpc) is 1.73. The van der Waals surface area contributed by atoms with Crippen molar-refractivity contribution in [1.82, 2.24) is 28.7 Å². The molecule has 0 aliphatic carbocycles. The third kappa shape index (κ3) is 10.5. The molecule has 0 radical (unpaired) electrons. The first-order valence-corrected chi connectivity index (χ1v) is 31.1. The summed E-state index contributed by atoms with van der Waals surface area (Å²) >= 11 is 0. The topological polar surface area (TPSA) is 92.9 Å². The number of imidazole rings is 3. The molecule has 444 valence electrons. The number of aryl methyl sites for hydroxylation is 12. The van der Waals surface area contributed by atoms with E-state index in [4.69, 9.17) is 28.2 Å². The quantitative estimate of drug-likeness (QED) is 0.0950. The van der Waals surface area contributed by atoms with E-state index in [1.807, 2.05) is 54.6 Å². The van der Waals surface area contributed by atoms with Gasteiger partial charge in [-0.15, -0.1) is 71.3 Å². The van der Waals surface area contributed by atoms with Crippen LogP contribution in [0.3, 0.4) is 0 Å². The van der Waals surface area contributed by atoms with Gasteiger partial charge in [0.15, 0.2) is 0 Å². The smallest absolute Gasteiger partial charge is 0.500 e. The van der Waals surface area contributed by atoms with Crippen molar-refractivity contribution < 1.29 is 33.4 Å². The van der Waals surface area contributed by atoms with E-state index in [0.29, 0.717) is 0 Å². The van der Waals surface area contributed by atoms with Gasteiger partial charge in [0.25, 0.3) is 0 Å². The maximum absolute atomic E-state index is 6.26. The molecule has 9 nitrogen and oxygen atoms in total. The first kappa shape index (κ1) is 57.3. The molecule has 0 spiro atoms. The summed E-state index contributed by atoms with van der Waals surface area (Å²) in [4.78, 5) is 16.5. The number of para-hydroxylation sites is 6. The SMILES string of the molecule is Cc1cccc(C)c1-n1cc(CCc2cc(CCc3cn(-c4c(C)cccc4C)c(-c4[c-]cc5oc6ccccc6c5c4)n3)cc(CCc3cn(-c4c(C)cccc4C)c(-c4[c-]cc5oc6ccccc6c5c4)n3)c2)nc1-c1[c-]cc2oc3ccccc3c2c1.[Ir+3]. The minimum Gasteiger partial charge on any atom is -0.500 e. The Morgan fingerprint density at radius 1 is 0.308 bits per heavy atom. The number of aromatic nitrogens is 6. The van der Waals surface area contributed by atoms with Gasteiger partial charge in [0.2, 0.25) is 0 Å². The fraction of sp³-hybridized carbons (Fsp3) is 0.148. The standard InChI is InChI=1S/C81H63N6O3.Ir/c1-49-16-13-17-50(2)76(49)85-46-61(82-79(85)58-31-37-73-67(43-58)64-22-7-10-25-70(64)88-73)34-28-55-40-56(29-35-62-47-86(77-51(3)18-14-19-52(77)4)80(83-62)59-32-38-74-68(44-59)65-23-8-11-26-71(65)89-74)42-57(41-55)30-36-63-48-87(78-53(5)20-15-21-54(78)6)81(84-63)60-33-39-75-69(45-60)66-24-9-12-27-72(66)90-75;/h7-27,37-48H,28-30,34-36H2,1-6H3;/q-3;+3. The van der Waals surface area contributed by atoms with Gasteiger partial charge in [-0.1, -0.05) is 144 Å². The molecule has 0 amide bonds. The second-order valence-electron chi connectivity index (χ2n) is 24.3. The van der Waals surface area contributed by atoms with Gasteiger partial charge in [-0.2, -0.15) is 0 Å². The van der Waals surface area contributed by atoms with E-state index < -0.39 is 0 Å². The number of fused-ring (bicyclic) bond motifs is 9. The van der Waals surface area contributed by atoms with Gasteiger partial charge in [0.1, 0.15) is 16.7 Å². The van der Waals surface area contributed by atoms with Crippen LogP contribution in [0.15, 0.2) is 214 Å². The van der Waals surface area contributed by atoms with Gasteiger partial charge in [0.05, 0.1) is 34.2 Å². The van der Waals surface area contributed by atoms with Crippen LogP contribution in [0.5, 0.6) is 0 Å². The molecular weight excluding hydrogens is 1300 g/mol. The van der Waals surface area contributed by atoms with Crippen LogP contribution in [0, 0.1) is 59.7 Å². The second kappa shape index (κ2) is 23.4. The van der Waals surface area contributed by atoms with Crippen molar-refractivity contribution >= 4 is 65.8 Å². The van der Waals surface area contributed by atoms with E-state index in [-0.39, 0.29) is 20.1 Å². The van der Waals surface area contributed by atoms with Crippen molar-refractivity contribution in [3.63, 3.8) is 0 Å². The minimum atomic E-state index is 0. The Morgan fingerprint density at radius 3 is 0.868 bits per heavy atom. The monoisotopic (exact) mass is 1360 g/mol. The van der Waals surface area contributed by atoms with Crippen LogP contribution in [-0.2, 0) is 58.6 Å². The number of benzene rings is 10. The van der Waals surface area contributed by atoms with Gasteiger partial charge >= 0.3 is 20.1 Å². The zero-order valence-electron chi connectivity index (χ0n) is 51.5. The summed E-state index contributed by atoms with van der Waals surface area (Å²) in [7, 11) is 0. The van der Waals surface area contributed by atoms with Crippen LogP contribution >= 0.6 is 0 Å². The van der Waals surface area contributed by atoms with E-state index in [1.54, 1.807) is 0 Å². The summed E-state index contributed by atoms with van der Waals surface area (Å²) < 4.78 is 25.6. The summed E-state index contributed by atoms with van der Waals surface area (Å²) in [5.74, 6) is 2.57. The summed E-state index contributed by atoms with van der Waals surface area (Å²) in [6, 6.07) is 74.5. The van der Waals surface area contributed by atoms with Crippen LogP contribution in [0.1, 0.15) is 67.2 Å². The van der Waals surface area contributed by atoms with Gasteiger partial charge in [0, 0.05) is 68.9 Å². The average molecular weight is 1360 g/mol. The Bertz CT molecular complexity index is 4880. The molecule has 0 atom stereocenters. The molecule has 0 saturated heterocycles. The molecule has 16 rings (SSSR count). The zero-order valence-corrected chi connectivity index (χ0v) is 53.9. The maximum Gasteiger partial charge on any atom is 3.00 e. The molecule has 0 N–H and O–H groups in total. The first-order valence-electron chi connectivity index (χ1n) is 31.1. The second-order valence-corrected chi connectivity index (χ2v) is 24.3. The summed E-state index contributed by atoms with van der Waals surface area (Å²) in [5.41, 5.74) is 25.1. The van der Waals surface area contributed by atoms with E-state index in [1.165, 1.54) is 50.1 Å². The number of hydrogen-bond acceptors (Lipinski definition) is 6. The molecule has 91 heavy (non-hydrogen) atoms.